The van der Waals surface area contributed by atoms with E-state index in [0.29, 0.717) is 25.2 Å². The number of hydrogen-bond donors (Lipinski definition) is 4. The summed E-state index contributed by atoms with van der Waals surface area (Å²) in [5.41, 5.74) is 11.1. The molecule has 6 N–H and O–H groups in total. The Hall–Kier alpha value is -0.160. The van der Waals surface area contributed by atoms with E-state index in [0.717, 1.165) is 25.9 Å². The van der Waals surface area contributed by atoms with E-state index in [1.807, 2.05) is 0 Å². The highest BCUT2D eigenvalue weighted by atomic mass is 15.0. The molecular weight excluding hydrogens is 176 g/mol. The van der Waals surface area contributed by atoms with Crippen LogP contribution >= 0.6 is 0 Å². The van der Waals surface area contributed by atoms with Crippen LogP contribution in [-0.4, -0.2) is 38.3 Å². The molecule has 0 radical (unpaired) electrons. The van der Waals surface area contributed by atoms with Crippen molar-refractivity contribution in [3.63, 3.8) is 0 Å². The molecule has 0 saturated carbocycles. The maximum Gasteiger partial charge on any atom is 0.0188 e. The summed E-state index contributed by atoms with van der Waals surface area (Å²) in [6.45, 7) is 7.65. The van der Waals surface area contributed by atoms with Crippen molar-refractivity contribution in [1.29, 1.82) is 0 Å². The quantitative estimate of drug-likeness (QED) is 0.385. The average molecular weight is 202 g/mol. The highest BCUT2D eigenvalue weighted by Crippen LogP contribution is 1.87. The minimum absolute atomic E-state index is 0.453. The Morgan fingerprint density at radius 1 is 0.857 bits per heavy atom. The zero-order valence-corrected chi connectivity index (χ0v) is 9.55. The molecule has 0 rings (SSSR count). The maximum atomic E-state index is 5.57. The lowest BCUT2D eigenvalue weighted by atomic mass is 10.2. The highest BCUT2D eigenvalue weighted by molar-refractivity contribution is 4.69. The van der Waals surface area contributed by atoms with Crippen LogP contribution < -0.4 is 22.1 Å². The molecule has 4 heteroatoms. The molecule has 14 heavy (non-hydrogen) atoms. The summed E-state index contributed by atoms with van der Waals surface area (Å²) < 4.78 is 0. The first-order valence-corrected chi connectivity index (χ1v) is 5.65. The second kappa shape index (κ2) is 9.40. The molecular formula is C10H26N4. The first kappa shape index (κ1) is 13.8. The maximum absolute atomic E-state index is 5.57. The topological polar surface area (TPSA) is 76.1 Å². The molecule has 0 amide bonds. The number of hydrogen-bond acceptors (Lipinski definition) is 4. The van der Waals surface area contributed by atoms with E-state index in [-0.39, 0.29) is 0 Å². The van der Waals surface area contributed by atoms with Crippen molar-refractivity contribution in [2.45, 2.75) is 38.8 Å². The SMILES string of the molecule is CCC(CN)NCCNC(CC)CN. The smallest absolute Gasteiger partial charge is 0.0188 e. The largest absolute Gasteiger partial charge is 0.329 e. The average Bonchev–Trinajstić information content (AvgIpc) is 2.24. The van der Waals surface area contributed by atoms with Crippen LogP contribution in [-0.2, 0) is 0 Å². The molecule has 0 heterocycles. The van der Waals surface area contributed by atoms with Gasteiger partial charge in [0, 0.05) is 38.3 Å². The number of nitrogens with two attached hydrogens (primary N) is 2. The van der Waals surface area contributed by atoms with Gasteiger partial charge in [0.1, 0.15) is 0 Å². The lowest BCUT2D eigenvalue weighted by Crippen LogP contribution is -2.43. The van der Waals surface area contributed by atoms with Gasteiger partial charge >= 0.3 is 0 Å². The van der Waals surface area contributed by atoms with E-state index in [1.54, 1.807) is 0 Å². The molecule has 0 aliphatic rings. The minimum atomic E-state index is 0.453. The Bertz CT molecular complexity index is 96.7. The van der Waals surface area contributed by atoms with Gasteiger partial charge in [-0.1, -0.05) is 13.8 Å². The molecule has 0 aliphatic carbocycles. The molecule has 86 valence electrons. The molecule has 0 saturated heterocycles. The zero-order chi connectivity index (χ0) is 10.8. The van der Waals surface area contributed by atoms with Gasteiger partial charge in [-0.3, -0.25) is 0 Å². The molecule has 0 aliphatic heterocycles. The van der Waals surface area contributed by atoms with Gasteiger partial charge in [0.05, 0.1) is 0 Å². The van der Waals surface area contributed by atoms with Gasteiger partial charge in [0.25, 0.3) is 0 Å². The minimum Gasteiger partial charge on any atom is -0.329 e. The summed E-state index contributed by atoms with van der Waals surface area (Å²) in [6, 6.07) is 0.907. The summed E-state index contributed by atoms with van der Waals surface area (Å²) in [7, 11) is 0. The number of nitrogens with one attached hydrogen (secondary N) is 2. The van der Waals surface area contributed by atoms with Gasteiger partial charge in [0.2, 0.25) is 0 Å². The number of rotatable bonds is 9. The van der Waals surface area contributed by atoms with E-state index in [2.05, 4.69) is 24.5 Å². The molecule has 0 aromatic rings. The fourth-order valence-electron chi connectivity index (χ4n) is 1.34. The van der Waals surface area contributed by atoms with Gasteiger partial charge in [-0.25, -0.2) is 0 Å². The van der Waals surface area contributed by atoms with Crippen LogP contribution in [0.5, 0.6) is 0 Å². The fraction of sp³-hybridized carbons (Fsp3) is 1.00. The molecule has 0 bridgehead atoms. The van der Waals surface area contributed by atoms with Gasteiger partial charge in [-0.05, 0) is 12.8 Å². The highest BCUT2D eigenvalue weighted by Gasteiger charge is 2.03. The predicted molar refractivity (Wildman–Crippen MR) is 62.3 cm³/mol. The van der Waals surface area contributed by atoms with Crippen molar-refractivity contribution in [2.75, 3.05) is 26.2 Å². The molecule has 4 nitrogen and oxygen atoms in total. The van der Waals surface area contributed by atoms with Crippen LogP contribution in [0.25, 0.3) is 0 Å². The molecule has 0 aromatic carbocycles. The summed E-state index contributed by atoms with van der Waals surface area (Å²) in [5.74, 6) is 0. The first-order valence-electron chi connectivity index (χ1n) is 5.65. The van der Waals surface area contributed by atoms with E-state index in [4.69, 9.17) is 11.5 Å². The summed E-state index contributed by atoms with van der Waals surface area (Å²) in [5, 5.41) is 6.79. The molecule has 2 atom stereocenters. The van der Waals surface area contributed by atoms with E-state index in [1.165, 1.54) is 0 Å². The lowest BCUT2D eigenvalue weighted by molar-refractivity contribution is 0.458. The second-order valence-electron chi connectivity index (χ2n) is 3.59. The van der Waals surface area contributed by atoms with Crippen molar-refractivity contribution in [2.24, 2.45) is 11.5 Å². The van der Waals surface area contributed by atoms with Crippen molar-refractivity contribution < 1.29 is 0 Å². The third kappa shape index (κ3) is 6.32. The van der Waals surface area contributed by atoms with E-state index < -0.39 is 0 Å². The molecule has 2 unspecified atom stereocenters. The monoisotopic (exact) mass is 202 g/mol. The van der Waals surface area contributed by atoms with E-state index >= 15 is 0 Å². The van der Waals surface area contributed by atoms with Crippen molar-refractivity contribution in [3.05, 3.63) is 0 Å². The molecule has 0 fully saturated rings. The fourth-order valence-corrected chi connectivity index (χ4v) is 1.34. The Kier molecular flexibility index (Phi) is 9.29. The van der Waals surface area contributed by atoms with Crippen LogP contribution in [0.15, 0.2) is 0 Å². The van der Waals surface area contributed by atoms with Crippen LogP contribution in [0.2, 0.25) is 0 Å². The van der Waals surface area contributed by atoms with Crippen LogP contribution in [0.3, 0.4) is 0 Å². The Balaban J connectivity index is 3.35. The van der Waals surface area contributed by atoms with Crippen molar-refractivity contribution in [1.82, 2.24) is 10.6 Å². The molecule has 0 aromatic heterocycles. The lowest BCUT2D eigenvalue weighted by Gasteiger charge is -2.17. The standard InChI is InChI=1S/C10H26N4/c1-3-9(7-11)13-5-6-14-10(4-2)8-12/h9-10,13-14H,3-8,11-12H2,1-2H3. The second-order valence-corrected chi connectivity index (χ2v) is 3.59. The third-order valence-corrected chi connectivity index (χ3v) is 2.55. The van der Waals surface area contributed by atoms with Crippen molar-refractivity contribution in [3.8, 4) is 0 Å². The van der Waals surface area contributed by atoms with Crippen molar-refractivity contribution >= 4 is 0 Å². The van der Waals surface area contributed by atoms with Crippen LogP contribution in [0.1, 0.15) is 26.7 Å². The zero-order valence-electron chi connectivity index (χ0n) is 9.55. The first-order chi connectivity index (χ1) is 6.78. The normalized spacial score (nSPS) is 15.4. The third-order valence-electron chi connectivity index (χ3n) is 2.55. The summed E-state index contributed by atoms with van der Waals surface area (Å²) in [6.07, 6.45) is 2.18. The van der Waals surface area contributed by atoms with E-state index in [9.17, 15) is 0 Å². The van der Waals surface area contributed by atoms with Gasteiger partial charge in [-0.15, -0.1) is 0 Å². The van der Waals surface area contributed by atoms with Gasteiger partial charge in [0.15, 0.2) is 0 Å². The van der Waals surface area contributed by atoms with Crippen LogP contribution in [0.4, 0.5) is 0 Å². The van der Waals surface area contributed by atoms with Gasteiger partial charge < -0.3 is 22.1 Å². The van der Waals surface area contributed by atoms with Crippen LogP contribution in [0, 0.1) is 0 Å². The Labute approximate surface area is 87.8 Å². The Morgan fingerprint density at radius 2 is 1.21 bits per heavy atom. The summed E-state index contributed by atoms with van der Waals surface area (Å²) in [4.78, 5) is 0. The molecule has 0 spiro atoms. The predicted octanol–water partition coefficient (Wildman–Crippen LogP) is -0.360. The summed E-state index contributed by atoms with van der Waals surface area (Å²) >= 11 is 0. The Morgan fingerprint density at radius 3 is 1.43 bits per heavy atom. The van der Waals surface area contributed by atoms with Gasteiger partial charge in [-0.2, -0.15) is 0 Å².